The highest BCUT2D eigenvalue weighted by Crippen LogP contribution is 2.42. The lowest BCUT2D eigenvalue weighted by Crippen LogP contribution is -2.47. The Hall–Kier alpha value is -5.59. The number of hydrogen-bond donors (Lipinski definition) is 0. The summed E-state index contributed by atoms with van der Waals surface area (Å²) in [6.45, 7) is 8.81. The first-order valence-electron chi connectivity index (χ1n) is 15.0. The Bertz CT molecular complexity index is 2060. The number of fused-ring (bicyclic) bond motifs is 5. The molecule has 0 spiro atoms. The number of rotatable bonds is 6. The molecule has 2 aromatic heterocycles. The van der Waals surface area contributed by atoms with Crippen LogP contribution in [-0.4, -0.2) is 32.6 Å². The topological polar surface area (TPSA) is 166 Å². The van der Waals surface area contributed by atoms with Crippen molar-refractivity contribution in [3.63, 3.8) is 0 Å². The third kappa shape index (κ3) is 5.27. The molecule has 13 heteroatoms. The fourth-order valence-corrected chi connectivity index (χ4v) is 5.92. The highest BCUT2D eigenvalue weighted by Gasteiger charge is 2.51. The van der Waals surface area contributed by atoms with Gasteiger partial charge < -0.3 is 23.5 Å². The SMILES string of the molecule is CCc1c2c(nc3ccc(OC(=O)C(C)(C)C)cc13)-c1cc3c(c(=O)n1C2)COC(=O)C3(CC)OC(=O)Oc1ccc([N+](=O)[O-])cc1. The molecule has 1 atom stereocenters. The van der Waals surface area contributed by atoms with Crippen molar-refractivity contribution in [2.75, 3.05) is 0 Å². The van der Waals surface area contributed by atoms with Crippen molar-refractivity contribution in [3.05, 3.63) is 91.3 Å². The van der Waals surface area contributed by atoms with Crippen LogP contribution < -0.4 is 15.0 Å². The zero-order valence-corrected chi connectivity index (χ0v) is 26.4. The van der Waals surface area contributed by atoms with E-state index < -0.39 is 33.6 Å². The summed E-state index contributed by atoms with van der Waals surface area (Å²) in [6.07, 6.45) is -0.740. The highest BCUT2D eigenvalue weighted by molar-refractivity contribution is 5.91. The largest absolute Gasteiger partial charge is 0.515 e. The molecule has 47 heavy (non-hydrogen) atoms. The fourth-order valence-electron chi connectivity index (χ4n) is 5.92. The number of carbonyl (C=O) groups is 3. The van der Waals surface area contributed by atoms with Crippen LogP contribution in [-0.2, 0) is 44.2 Å². The molecular weight excluding hydrogens is 610 g/mol. The number of nitrogens with zero attached hydrogens (tertiary/aromatic N) is 3. The molecule has 0 radical (unpaired) electrons. The second-order valence-corrected chi connectivity index (χ2v) is 12.4. The van der Waals surface area contributed by atoms with E-state index in [0.29, 0.717) is 29.1 Å². The minimum atomic E-state index is -2.00. The summed E-state index contributed by atoms with van der Waals surface area (Å²) in [5.74, 6) is -0.894. The van der Waals surface area contributed by atoms with Gasteiger partial charge in [-0.3, -0.25) is 19.7 Å². The van der Waals surface area contributed by atoms with Gasteiger partial charge in [0, 0.05) is 28.6 Å². The second-order valence-electron chi connectivity index (χ2n) is 12.4. The summed E-state index contributed by atoms with van der Waals surface area (Å²) in [5.41, 5.74) is 0.377. The van der Waals surface area contributed by atoms with E-state index in [1.807, 2.05) is 6.92 Å². The standard InChI is InChI=1S/C34H31N3O10/c1-6-21-22-14-20(45-30(39)33(3,4)5)12-13-26(22)35-28-23(21)16-36-27(28)15-25-24(29(36)38)17-44-31(40)34(25,7-2)47-32(41)46-19-10-8-18(9-11-19)37(42)43/h8-15H,6-7,16-17H2,1-5H3. The Morgan fingerprint density at radius 1 is 1.02 bits per heavy atom. The van der Waals surface area contributed by atoms with Crippen molar-refractivity contribution in [1.82, 2.24) is 9.55 Å². The summed E-state index contributed by atoms with van der Waals surface area (Å²) < 4.78 is 23.5. The van der Waals surface area contributed by atoms with E-state index in [1.165, 1.54) is 12.1 Å². The number of non-ortho nitro benzene ring substituents is 1. The number of aromatic nitrogens is 2. The van der Waals surface area contributed by atoms with Gasteiger partial charge in [0.25, 0.3) is 11.2 Å². The van der Waals surface area contributed by atoms with Crippen molar-refractivity contribution in [2.24, 2.45) is 5.41 Å². The van der Waals surface area contributed by atoms with Crippen molar-refractivity contribution in [2.45, 2.75) is 66.2 Å². The number of cyclic esters (lactones) is 1. The zero-order chi connectivity index (χ0) is 33.8. The lowest BCUT2D eigenvalue weighted by molar-refractivity contribution is -0.384. The van der Waals surface area contributed by atoms with E-state index >= 15 is 0 Å². The maximum Gasteiger partial charge on any atom is 0.515 e. The Labute approximate surface area is 268 Å². The van der Waals surface area contributed by atoms with Gasteiger partial charge in [-0.15, -0.1) is 0 Å². The molecule has 0 fully saturated rings. The van der Waals surface area contributed by atoms with Gasteiger partial charge in [-0.05, 0) is 75.6 Å². The molecule has 13 nitrogen and oxygen atoms in total. The van der Waals surface area contributed by atoms with Crippen molar-refractivity contribution >= 4 is 34.7 Å². The number of esters is 2. The average molecular weight is 642 g/mol. The van der Waals surface area contributed by atoms with E-state index in [2.05, 4.69) is 0 Å². The molecule has 0 amide bonds. The smallest absolute Gasteiger partial charge is 0.457 e. The lowest BCUT2D eigenvalue weighted by Gasteiger charge is -2.35. The molecule has 2 aliphatic heterocycles. The van der Waals surface area contributed by atoms with Gasteiger partial charge in [-0.25, -0.2) is 14.6 Å². The zero-order valence-electron chi connectivity index (χ0n) is 26.4. The fraction of sp³-hybridized carbons (Fsp3) is 0.324. The van der Waals surface area contributed by atoms with E-state index in [1.54, 1.807) is 56.5 Å². The number of carbonyl (C=O) groups excluding carboxylic acids is 3. The Kier molecular flexibility index (Phi) is 7.57. The Morgan fingerprint density at radius 2 is 1.72 bits per heavy atom. The summed E-state index contributed by atoms with van der Waals surface area (Å²) in [7, 11) is 0. The van der Waals surface area contributed by atoms with Gasteiger partial charge in [0.1, 0.15) is 18.1 Å². The number of hydrogen-bond acceptors (Lipinski definition) is 11. The molecule has 4 heterocycles. The predicted molar refractivity (Wildman–Crippen MR) is 167 cm³/mol. The van der Waals surface area contributed by atoms with Crippen LogP contribution >= 0.6 is 0 Å². The molecule has 4 aromatic rings. The van der Waals surface area contributed by atoms with E-state index in [-0.39, 0.29) is 48.1 Å². The predicted octanol–water partition coefficient (Wildman–Crippen LogP) is 5.73. The molecule has 0 bridgehead atoms. The van der Waals surface area contributed by atoms with Gasteiger partial charge >= 0.3 is 18.1 Å². The summed E-state index contributed by atoms with van der Waals surface area (Å²) in [6, 6.07) is 11.6. The molecule has 0 saturated heterocycles. The van der Waals surface area contributed by atoms with Gasteiger partial charge in [0.15, 0.2) is 0 Å². The molecule has 242 valence electrons. The third-order valence-corrected chi connectivity index (χ3v) is 8.43. The normalized spacial score (nSPS) is 16.5. The number of nitro groups is 1. The van der Waals surface area contributed by atoms with E-state index in [9.17, 15) is 29.3 Å². The molecule has 2 aromatic carbocycles. The van der Waals surface area contributed by atoms with Crippen LogP contribution in [0.5, 0.6) is 11.5 Å². The van der Waals surface area contributed by atoms with Gasteiger partial charge in [0.05, 0.1) is 39.4 Å². The highest BCUT2D eigenvalue weighted by atomic mass is 16.7. The molecule has 0 N–H and O–H groups in total. The number of benzene rings is 2. The third-order valence-electron chi connectivity index (χ3n) is 8.43. The number of nitro benzene ring substituents is 1. The van der Waals surface area contributed by atoms with Crippen molar-refractivity contribution < 1.29 is 38.3 Å². The van der Waals surface area contributed by atoms with Crippen LogP contribution in [0.1, 0.15) is 63.3 Å². The van der Waals surface area contributed by atoms with E-state index in [0.717, 1.165) is 28.6 Å². The van der Waals surface area contributed by atoms with Gasteiger partial charge in [-0.2, -0.15) is 0 Å². The number of aryl methyl sites for hydroxylation is 1. The van der Waals surface area contributed by atoms with Crippen LogP contribution in [0.25, 0.3) is 22.3 Å². The Morgan fingerprint density at radius 3 is 2.36 bits per heavy atom. The van der Waals surface area contributed by atoms with Crippen LogP contribution in [0.2, 0.25) is 0 Å². The first-order valence-corrected chi connectivity index (χ1v) is 15.0. The van der Waals surface area contributed by atoms with Gasteiger partial charge in [0.2, 0.25) is 5.60 Å². The van der Waals surface area contributed by atoms with Crippen LogP contribution in [0, 0.1) is 15.5 Å². The first-order chi connectivity index (χ1) is 22.3. The van der Waals surface area contributed by atoms with Crippen LogP contribution in [0.3, 0.4) is 0 Å². The molecule has 0 saturated carbocycles. The molecular formula is C34H31N3O10. The van der Waals surface area contributed by atoms with E-state index in [4.69, 9.17) is 23.9 Å². The monoisotopic (exact) mass is 641 g/mol. The summed E-state index contributed by atoms with van der Waals surface area (Å²) >= 11 is 0. The minimum Gasteiger partial charge on any atom is -0.457 e. The Balaban J connectivity index is 1.41. The quantitative estimate of drug-likeness (QED) is 0.0731. The first kappa shape index (κ1) is 31.4. The average Bonchev–Trinajstić information content (AvgIpc) is 3.39. The minimum absolute atomic E-state index is 0.0429. The molecule has 6 rings (SSSR count). The summed E-state index contributed by atoms with van der Waals surface area (Å²) in [4.78, 5) is 68.1. The van der Waals surface area contributed by atoms with Gasteiger partial charge in [-0.1, -0.05) is 13.8 Å². The lowest BCUT2D eigenvalue weighted by atomic mass is 9.85. The maximum absolute atomic E-state index is 14.0. The number of ether oxygens (including phenoxy) is 4. The molecule has 1 unspecified atom stereocenters. The second kappa shape index (κ2) is 11.3. The number of pyridine rings is 2. The molecule has 0 aliphatic carbocycles. The van der Waals surface area contributed by atoms with Crippen LogP contribution in [0.15, 0.2) is 53.3 Å². The maximum atomic E-state index is 14.0. The van der Waals surface area contributed by atoms with Crippen molar-refractivity contribution in [1.29, 1.82) is 0 Å². The summed E-state index contributed by atoms with van der Waals surface area (Å²) in [5, 5.41) is 11.8. The van der Waals surface area contributed by atoms with Crippen LogP contribution in [0.4, 0.5) is 10.5 Å². The molecule has 2 aliphatic rings. The van der Waals surface area contributed by atoms with Crippen molar-refractivity contribution in [3.8, 4) is 22.9 Å².